The average Bonchev–Trinajstić information content (AvgIpc) is 3.10. The minimum absolute atomic E-state index is 0.174. The topological polar surface area (TPSA) is 63.1 Å². The molecule has 1 aromatic carbocycles. The molecule has 0 atom stereocenters. The van der Waals surface area contributed by atoms with E-state index in [2.05, 4.69) is 20.1 Å². The third kappa shape index (κ3) is 2.86. The molecule has 3 heterocycles. The molecule has 2 aromatic rings. The average molecular weight is 365 g/mol. The van der Waals surface area contributed by atoms with Gasteiger partial charge >= 0.3 is 0 Å². The second-order valence-corrected chi connectivity index (χ2v) is 6.59. The van der Waals surface area contributed by atoms with Gasteiger partial charge in [0.1, 0.15) is 11.6 Å². The van der Waals surface area contributed by atoms with Gasteiger partial charge in [0.15, 0.2) is 17.5 Å². The first-order valence-electron chi connectivity index (χ1n) is 8.61. The summed E-state index contributed by atoms with van der Waals surface area (Å²) in [7, 11) is 0. The smallest absolute Gasteiger partial charge is 0.256 e. The van der Waals surface area contributed by atoms with Crippen LogP contribution in [0.15, 0.2) is 12.1 Å². The Bertz CT molecular complexity index is 845. The van der Waals surface area contributed by atoms with Crippen LogP contribution in [-0.4, -0.2) is 45.2 Å². The molecule has 9 heteroatoms. The second-order valence-electron chi connectivity index (χ2n) is 6.59. The van der Waals surface area contributed by atoms with E-state index < -0.39 is 28.9 Å². The maximum atomic E-state index is 13.9. The lowest BCUT2D eigenvalue weighted by Crippen LogP contribution is -2.39. The Morgan fingerprint density at radius 2 is 1.85 bits per heavy atom. The van der Waals surface area contributed by atoms with Crippen LogP contribution in [0.25, 0.3) is 0 Å². The van der Waals surface area contributed by atoms with Gasteiger partial charge in [-0.1, -0.05) is 0 Å². The molecule has 1 aromatic heterocycles. The minimum atomic E-state index is -1.62. The summed E-state index contributed by atoms with van der Waals surface area (Å²) in [5, 5.41) is 11.8. The Labute approximate surface area is 148 Å². The molecule has 138 valence electrons. The van der Waals surface area contributed by atoms with Crippen molar-refractivity contribution in [1.29, 1.82) is 0 Å². The number of fused-ring (bicyclic) bond motifs is 1. The van der Waals surface area contributed by atoms with E-state index in [4.69, 9.17) is 0 Å². The molecule has 0 spiro atoms. The normalized spacial score (nSPS) is 18.0. The summed E-state index contributed by atoms with van der Waals surface area (Å²) in [5.74, 6) is -2.96. The molecule has 0 saturated carbocycles. The molecular weight excluding hydrogens is 347 g/mol. The van der Waals surface area contributed by atoms with Crippen LogP contribution < -0.4 is 5.32 Å². The zero-order chi connectivity index (χ0) is 18.3. The number of piperidine rings is 1. The van der Waals surface area contributed by atoms with Crippen molar-refractivity contribution in [1.82, 2.24) is 25.0 Å². The minimum Gasteiger partial charge on any atom is -0.339 e. The van der Waals surface area contributed by atoms with E-state index in [0.717, 1.165) is 36.9 Å². The van der Waals surface area contributed by atoms with Crippen molar-refractivity contribution in [2.75, 3.05) is 19.6 Å². The van der Waals surface area contributed by atoms with Crippen LogP contribution in [-0.2, 0) is 13.1 Å². The van der Waals surface area contributed by atoms with Crippen molar-refractivity contribution < 1.29 is 18.0 Å². The number of nitrogens with zero attached hydrogens (tertiary/aromatic N) is 4. The lowest BCUT2D eigenvalue weighted by Gasteiger charge is -2.32. The molecule has 26 heavy (non-hydrogen) atoms. The van der Waals surface area contributed by atoms with Gasteiger partial charge in [0.2, 0.25) is 0 Å². The zero-order valence-corrected chi connectivity index (χ0v) is 14.0. The molecular formula is C17H18F3N5O. The van der Waals surface area contributed by atoms with Gasteiger partial charge in [-0.25, -0.2) is 13.2 Å². The third-order valence-corrected chi connectivity index (χ3v) is 5.06. The third-order valence-electron chi connectivity index (χ3n) is 5.06. The van der Waals surface area contributed by atoms with Gasteiger partial charge in [-0.2, -0.15) is 0 Å². The molecule has 0 unspecified atom stereocenters. The largest absolute Gasteiger partial charge is 0.339 e. The van der Waals surface area contributed by atoms with Crippen LogP contribution in [0.2, 0.25) is 0 Å². The summed E-state index contributed by atoms with van der Waals surface area (Å²) in [5.41, 5.74) is -0.437. The van der Waals surface area contributed by atoms with Crippen molar-refractivity contribution in [2.24, 2.45) is 0 Å². The number of benzene rings is 1. The van der Waals surface area contributed by atoms with E-state index in [1.54, 1.807) is 0 Å². The standard InChI is InChI=1S/C17H18F3N5O/c18-12-2-1-11(14(19)15(12)20)17(26)24-6-3-10(4-7-24)16-23-22-13-9-21-5-8-25(13)16/h1-2,10,21H,3-9H2. The maximum absolute atomic E-state index is 13.9. The highest BCUT2D eigenvalue weighted by atomic mass is 19.2. The fourth-order valence-electron chi connectivity index (χ4n) is 3.62. The summed E-state index contributed by atoms with van der Waals surface area (Å²) in [6.45, 7) is 3.19. The molecule has 2 aliphatic heterocycles. The summed E-state index contributed by atoms with van der Waals surface area (Å²) >= 11 is 0. The first kappa shape index (κ1) is 17.0. The van der Waals surface area contributed by atoms with E-state index in [1.807, 2.05) is 0 Å². The van der Waals surface area contributed by atoms with Crippen LogP contribution in [0, 0.1) is 17.5 Å². The van der Waals surface area contributed by atoms with E-state index >= 15 is 0 Å². The first-order valence-corrected chi connectivity index (χ1v) is 8.61. The molecule has 4 rings (SSSR count). The van der Waals surface area contributed by atoms with Crippen LogP contribution in [0.3, 0.4) is 0 Å². The number of halogens is 3. The van der Waals surface area contributed by atoms with Gasteiger partial charge in [-0.05, 0) is 25.0 Å². The number of rotatable bonds is 2. The number of aromatic nitrogens is 3. The number of likely N-dealkylation sites (tertiary alicyclic amines) is 1. The Kier molecular flexibility index (Phi) is 4.39. The number of hydrogen-bond acceptors (Lipinski definition) is 4. The number of nitrogens with one attached hydrogen (secondary N) is 1. The van der Waals surface area contributed by atoms with Crippen molar-refractivity contribution in [3.05, 3.63) is 46.8 Å². The van der Waals surface area contributed by atoms with E-state index in [9.17, 15) is 18.0 Å². The Hall–Kier alpha value is -2.42. The molecule has 1 amide bonds. The van der Waals surface area contributed by atoms with Crippen molar-refractivity contribution in [2.45, 2.75) is 31.8 Å². The van der Waals surface area contributed by atoms with Gasteiger partial charge in [0.25, 0.3) is 5.91 Å². The number of hydrogen-bond donors (Lipinski definition) is 1. The highest BCUT2D eigenvalue weighted by molar-refractivity contribution is 5.94. The molecule has 1 fully saturated rings. The molecule has 1 N–H and O–H groups in total. The quantitative estimate of drug-likeness (QED) is 0.825. The molecule has 6 nitrogen and oxygen atoms in total. The van der Waals surface area contributed by atoms with E-state index in [0.29, 0.717) is 32.5 Å². The Morgan fingerprint density at radius 3 is 2.62 bits per heavy atom. The van der Waals surface area contributed by atoms with Crippen molar-refractivity contribution in [3.8, 4) is 0 Å². The maximum Gasteiger partial charge on any atom is 0.256 e. The van der Waals surface area contributed by atoms with Crippen molar-refractivity contribution in [3.63, 3.8) is 0 Å². The van der Waals surface area contributed by atoms with E-state index in [-0.39, 0.29) is 5.92 Å². The summed E-state index contributed by atoms with van der Waals surface area (Å²) in [6, 6.07) is 1.76. The highest BCUT2D eigenvalue weighted by Gasteiger charge is 2.30. The predicted molar refractivity (Wildman–Crippen MR) is 85.9 cm³/mol. The predicted octanol–water partition coefficient (Wildman–Crippen LogP) is 1.82. The molecule has 0 aliphatic carbocycles. The van der Waals surface area contributed by atoms with Gasteiger partial charge in [-0.3, -0.25) is 4.79 Å². The van der Waals surface area contributed by atoms with Gasteiger partial charge in [0, 0.05) is 32.1 Å². The molecule has 1 saturated heterocycles. The second kappa shape index (κ2) is 6.71. The SMILES string of the molecule is O=C(c1ccc(F)c(F)c1F)N1CCC(c2nnc3n2CCNC3)CC1. The van der Waals surface area contributed by atoms with Gasteiger partial charge in [0.05, 0.1) is 12.1 Å². The van der Waals surface area contributed by atoms with Crippen LogP contribution in [0.4, 0.5) is 13.2 Å². The van der Waals surface area contributed by atoms with Crippen LogP contribution >= 0.6 is 0 Å². The number of carbonyl (C=O) groups is 1. The number of carbonyl (C=O) groups excluding carboxylic acids is 1. The fourth-order valence-corrected chi connectivity index (χ4v) is 3.62. The lowest BCUT2D eigenvalue weighted by molar-refractivity contribution is 0.0704. The van der Waals surface area contributed by atoms with E-state index in [1.165, 1.54) is 4.90 Å². The Morgan fingerprint density at radius 1 is 1.08 bits per heavy atom. The van der Waals surface area contributed by atoms with Gasteiger partial charge < -0.3 is 14.8 Å². The zero-order valence-electron chi connectivity index (χ0n) is 14.0. The first-order chi connectivity index (χ1) is 12.6. The molecule has 0 bridgehead atoms. The Balaban J connectivity index is 1.46. The lowest BCUT2D eigenvalue weighted by atomic mass is 9.95. The summed E-state index contributed by atoms with van der Waals surface area (Å²) < 4.78 is 42.4. The fraction of sp³-hybridized carbons (Fsp3) is 0.471. The van der Waals surface area contributed by atoms with Crippen LogP contribution in [0.5, 0.6) is 0 Å². The summed E-state index contributed by atoms with van der Waals surface area (Å²) in [4.78, 5) is 13.9. The molecule has 0 radical (unpaired) electrons. The monoisotopic (exact) mass is 365 g/mol. The summed E-state index contributed by atoms with van der Waals surface area (Å²) in [6.07, 6.45) is 1.34. The highest BCUT2D eigenvalue weighted by Crippen LogP contribution is 2.29. The van der Waals surface area contributed by atoms with Crippen LogP contribution in [0.1, 0.15) is 40.8 Å². The van der Waals surface area contributed by atoms with Gasteiger partial charge in [-0.15, -0.1) is 10.2 Å². The van der Waals surface area contributed by atoms with Crippen molar-refractivity contribution >= 4 is 5.91 Å². The number of amides is 1. The molecule has 2 aliphatic rings.